The number of hydrogen-bond donors (Lipinski definition) is 0. The monoisotopic (exact) mass is 333 g/mol. The normalized spacial score (nSPS) is 13.1. The van der Waals surface area contributed by atoms with E-state index in [4.69, 9.17) is 4.52 Å². The number of carbonyl (C=O) groups excluding carboxylic acids is 1. The van der Waals surface area contributed by atoms with Crippen LogP contribution in [0, 0.1) is 6.92 Å². The van der Waals surface area contributed by atoms with Crippen LogP contribution in [0.15, 0.2) is 53.1 Å². The third-order valence-corrected chi connectivity index (χ3v) is 4.60. The van der Waals surface area contributed by atoms with E-state index in [1.54, 1.807) is 0 Å². The van der Waals surface area contributed by atoms with Gasteiger partial charge in [-0.25, -0.2) is 0 Å². The molecule has 0 spiro atoms. The molecule has 0 N–H and O–H groups in total. The van der Waals surface area contributed by atoms with E-state index in [1.807, 2.05) is 54.3 Å². The van der Waals surface area contributed by atoms with Crippen LogP contribution in [0.4, 0.5) is 5.69 Å². The minimum Gasteiger partial charge on any atom is -0.339 e. The van der Waals surface area contributed by atoms with Crippen LogP contribution in [-0.4, -0.2) is 22.6 Å². The summed E-state index contributed by atoms with van der Waals surface area (Å²) in [6, 6.07) is 16.0. The largest absolute Gasteiger partial charge is 0.339 e. The molecule has 0 unspecified atom stereocenters. The minimum atomic E-state index is 0.0978. The van der Waals surface area contributed by atoms with Crippen LogP contribution in [0.2, 0.25) is 0 Å². The van der Waals surface area contributed by atoms with Gasteiger partial charge in [0.05, 0.1) is 0 Å². The fraction of sp³-hybridized carbons (Fsp3) is 0.250. The summed E-state index contributed by atoms with van der Waals surface area (Å²) in [4.78, 5) is 18.8. The van der Waals surface area contributed by atoms with Crippen LogP contribution >= 0.6 is 0 Å². The lowest BCUT2D eigenvalue weighted by Crippen LogP contribution is -2.29. The molecule has 4 rings (SSSR count). The summed E-state index contributed by atoms with van der Waals surface area (Å²) >= 11 is 0. The smallest absolute Gasteiger partial charge is 0.227 e. The lowest BCUT2D eigenvalue weighted by atomic mass is 10.1. The zero-order valence-electron chi connectivity index (χ0n) is 14.1. The van der Waals surface area contributed by atoms with Crippen LogP contribution < -0.4 is 4.90 Å². The number of carbonyl (C=O) groups is 1. The SMILES string of the molecule is Cc1ccccc1-c1noc(CCC(=O)N2CCc3ccccc32)n1. The lowest BCUT2D eigenvalue weighted by molar-refractivity contribution is -0.118. The molecule has 0 radical (unpaired) electrons. The van der Waals surface area contributed by atoms with E-state index < -0.39 is 0 Å². The van der Waals surface area contributed by atoms with Crippen molar-refractivity contribution >= 4 is 11.6 Å². The lowest BCUT2D eigenvalue weighted by Gasteiger charge is -2.16. The van der Waals surface area contributed by atoms with Crippen molar-refractivity contribution in [3.05, 3.63) is 65.5 Å². The highest BCUT2D eigenvalue weighted by molar-refractivity contribution is 5.95. The summed E-state index contributed by atoms with van der Waals surface area (Å²) in [6.45, 7) is 2.76. The highest BCUT2D eigenvalue weighted by atomic mass is 16.5. The van der Waals surface area contributed by atoms with Gasteiger partial charge in [-0.2, -0.15) is 4.98 Å². The molecule has 0 atom stereocenters. The van der Waals surface area contributed by atoms with Crippen molar-refractivity contribution in [2.75, 3.05) is 11.4 Å². The summed E-state index contributed by atoms with van der Waals surface area (Å²) < 4.78 is 5.32. The molecule has 0 bridgehead atoms. The van der Waals surface area contributed by atoms with Gasteiger partial charge in [0.1, 0.15) is 0 Å². The number of rotatable bonds is 4. The third-order valence-electron chi connectivity index (χ3n) is 4.60. The van der Waals surface area contributed by atoms with Crippen molar-refractivity contribution in [3.8, 4) is 11.4 Å². The van der Waals surface area contributed by atoms with Crippen molar-refractivity contribution in [3.63, 3.8) is 0 Å². The van der Waals surface area contributed by atoms with Gasteiger partial charge in [0.15, 0.2) is 0 Å². The average Bonchev–Trinajstić information content (AvgIpc) is 3.27. The van der Waals surface area contributed by atoms with Gasteiger partial charge >= 0.3 is 0 Å². The molecular formula is C20H19N3O2. The molecule has 0 fully saturated rings. The van der Waals surface area contributed by atoms with Crippen molar-refractivity contribution in [1.29, 1.82) is 0 Å². The molecule has 1 aliphatic heterocycles. The maximum atomic E-state index is 12.5. The Bertz CT molecular complexity index is 917. The molecule has 25 heavy (non-hydrogen) atoms. The first-order valence-corrected chi connectivity index (χ1v) is 8.49. The first kappa shape index (κ1) is 15.6. The van der Waals surface area contributed by atoms with Crippen LogP contribution in [0.1, 0.15) is 23.4 Å². The van der Waals surface area contributed by atoms with Crippen molar-refractivity contribution in [2.24, 2.45) is 0 Å². The highest BCUT2D eigenvalue weighted by Gasteiger charge is 2.24. The maximum absolute atomic E-state index is 12.5. The molecule has 0 aliphatic carbocycles. The quantitative estimate of drug-likeness (QED) is 0.732. The minimum absolute atomic E-state index is 0.0978. The zero-order chi connectivity index (χ0) is 17.2. The third kappa shape index (κ3) is 3.05. The Labute approximate surface area is 146 Å². The molecule has 0 saturated carbocycles. The zero-order valence-corrected chi connectivity index (χ0v) is 14.1. The first-order chi connectivity index (χ1) is 12.2. The number of nitrogens with zero attached hydrogens (tertiary/aromatic N) is 3. The maximum Gasteiger partial charge on any atom is 0.227 e. The van der Waals surface area contributed by atoms with E-state index in [-0.39, 0.29) is 5.91 Å². The predicted molar refractivity (Wildman–Crippen MR) is 95.3 cm³/mol. The van der Waals surface area contributed by atoms with Crippen LogP contribution in [-0.2, 0) is 17.6 Å². The Balaban J connectivity index is 1.43. The molecule has 2 aromatic carbocycles. The number of anilines is 1. The van der Waals surface area contributed by atoms with Crippen molar-refractivity contribution in [1.82, 2.24) is 10.1 Å². The van der Waals surface area contributed by atoms with Gasteiger partial charge in [-0.05, 0) is 30.5 Å². The van der Waals surface area contributed by atoms with Crippen LogP contribution in [0.5, 0.6) is 0 Å². The van der Waals surface area contributed by atoms with E-state index in [0.717, 1.165) is 29.8 Å². The Morgan fingerprint density at radius 2 is 1.96 bits per heavy atom. The summed E-state index contributed by atoms with van der Waals surface area (Å²) in [5.74, 6) is 1.17. The van der Waals surface area contributed by atoms with E-state index in [0.29, 0.717) is 24.6 Å². The second kappa shape index (κ2) is 6.51. The molecule has 126 valence electrons. The number of benzene rings is 2. The van der Waals surface area contributed by atoms with Gasteiger partial charge in [0, 0.05) is 30.6 Å². The molecule has 5 heteroatoms. The molecule has 0 saturated heterocycles. The Morgan fingerprint density at radius 1 is 1.16 bits per heavy atom. The Kier molecular flexibility index (Phi) is 4.06. The molecule has 3 aromatic rings. The first-order valence-electron chi connectivity index (χ1n) is 8.49. The second-order valence-corrected chi connectivity index (χ2v) is 6.25. The standard InChI is InChI=1S/C20H19N3O2/c1-14-6-2-4-8-16(14)20-21-18(25-22-20)10-11-19(24)23-13-12-15-7-3-5-9-17(15)23/h2-9H,10-13H2,1H3. The molecular weight excluding hydrogens is 314 g/mol. The van der Waals surface area contributed by atoms with Crippen molar-refractivity contribution in [2.45, 2.75) is 26.2 Å². The number of para-hydroxylation sites is 1. The van der Waals surface area contributed by atoms with Crippen LogP contribution in [0.25, 0.3) is 11.4 Å². The van der Waals surface area contributed by atoms with Crippen molar-refractivity contribution < 1.29 is 9.32 Å². The number of amides is 1. The molecule has 1 aliphatic rings. The van der Waals surface area contributed by atoms with Crippen LogP contribution in [0.3, 0.4) is 0 Å². The number of aryl methyl sites for hydroxylation is 2. The van der Waals surface area contributed by atoms with Gasteiger partial charge in [0.25, 0.3) is 0 Å². The summed E-state index contributed by atoms with van der Waals surface area (Å²) in [5.41, 5.74) is 4.31. The van der Waals surface area contributed by atoms with Gasteiger partial charge in [-0.1, -0.05) is 47.6 Å². The van der Waals surface area contributed by atoms with Gasteiger partial charge < -0.3 is 9.42 Å². The summed E-state index contributed by atoms with van der Waals surface area (Å²) in [5, 5.41) is 4.05. The second-order valence-electron chi connectivity index (χ2n) is 6.25. The van der Waals surface area contributed by atoms with E-state index >= 15 is 0 Å². The molecule has 1 aromatic heterocycles. The predicted octanol–water partition coefficient (Wildman–Crippen LogP) is 3.57. The molecule has 2 heterocycles. The Hall–Kier alpha value is -2.95. The van der Waals surface area contributed by atoms with E-state index in [2.05, 4.69) is 16.2 Å². The highest BCUT2D eigenvalue weighted by Crippen LogP contribution is 2.28. The summed E-state index contributed by atoms with van der Waals surface area (Å²) in [7, 11) is 0. The van der Waals surface area contributed by atoms with Gasteiger partial charge in [0.2, 0.25) is 17.6 Å². The molecule has 5 nitrogen and oxygen atoms in total. The van der Waals surface area contributed by atoms with E-state index in [1.165, 1.54) is 5.56 Å². The van der Waals surface area contributed by atoms with Gasteiger partial charge in [-0.15, -0.1) is 0 Å². The Morgan fingerprint density at radius 3 is 2.84 bits per heavy atom. The molecule has 1 amide bonds. The fourth-order valence-electron chi connectivity index (χ4n) is 3.24. The summed E-state index contributed by atoms with van der Waals surface area (Å²) in [6.07, 6.45) is 1.74. The van der Waals surface area contributed by atoms with Gasteiger partial charge in [-0.3, -0.25) is 4.79 Å². The fourth-order valence-corrected chi connectivity index (χ4v) is 3.24. The van der Waals surface area contributed by atoms with E-state index in [9.17, 15) is 4.79 Å². The average molecular weight is 333 g/mol. The number of fused-ring (bicyclic) bond motifs is 1. The number of hydrogen-bond acceptors (Lipinski definition) is 4. The topological polar surface area (TPSA) is 59.2 Å². The number of aromatic nitrogens is 2.